The van der Waals surface area contributed by atoms with Crippen molar-refractivity contribution in [2.75, 3.05) is 26.3 Å². The zero-order valence-electron chi connectivity index (χ0n) is 13.4. The predicted octanol–water partition coefficient (Wildman–Crippen LogP) is 1.51. The Labute approximate surface area is 150 Å². The Morgan fingerprint density at radius 2 is 1.92 bits per heavy atom. The summed E-state index contributed by atoms with van der Waals surface area (Å²) in [5, 5.41) is 5.10. The molecule has 0 bridgehead atoms. The van der Waals surface area contributed by atoms with Gasteiger partial charge in [0, 0.05) is 19.1 Å². The highest BCUT2D eigenvalue weighted by Gasteiger charge is 2.28. The minimum atomic E-state index is -3.76. The van der Waals surface area contributed by atoms with Gasteiger partial charge in [0.15, 0.2) is 0 Å². The zero-order chi connectivity index (χ0) is 17.2. The van der Waals surface area contributed by atoms with E-state index in [0.717, 1.165) is 52.0 Å². The average Bonchev–Trinajstić information content (AvgIpc) is 2.57. The summed E-state index contributed by atoms with van der Waals surface area (Å²) in [4.78, 5) is 6.57. The van der Waals surface area contributed by atoms with Crippen LogP contribution in [0.4, 0.5) is 0 Å². The lowest BCUT2D eigenvalue weighted by atomic mass is 9.91. The molecule has 1 saturated carbocycles. The molecule has 0 spiro atoms. The number of ether oxygens (including phenoxy) is 2. The van der Waals surface area contributed by atoms with Gasteiger partial charge in [0.2, 0.25) is 15.9 Å². The standard InChI is InChI=1S/C15H22BrN3O4S/c16-14-9-13(24(17,20)21)10-18-15(14)23-12-3-1-11(2-4-12)19-5-7-22-8-6-19/h9-12H,1-8H2,(H2,17,20,21)/t11-,12-. The Morgan fingerprint density at radius 1 is 1.25 bits per heavy atom. The normalized spacial score (nSPS) is 26.2. The fraction of sp³-hybridized carbons (Fsp3) is 0.667. The number of rotatable bonds is 4. The molecule has 7 nitrogen and oxygen atoms in total. The van der Waals surface area contributed by atoms with Gasteiger partial charge >= 0.3 is 0 Å². The largest absolute Gasteiger partial charge is 0.474 e. The van der Waals surface area contributed by atoms with Crippen LogP contribution < -0.4 is 9.88 Å². The van der Waals surface area contributed by atoms with Crippen molar-refractivity contribution in [3.8, 4) is 5.88 Å². The van der Waals surface area contributed by atoms with Crippen LogP contribution in [0.1, 0.15) is 25.7 Å². The number of hydrogen-bond donors (Lipinski definition) is 1. The summed E-state index contributed by atoms with van der Waals surface area (Å²) in [6.07, 6.45) is 5.45. The molecule has 1 saturated heterocycles. The minimum Gasteiger partial charge on any atom is -0.474 e. The Balaban J connectivity index is 1.56. The van der Waals surface area contributed by atoms with Gasteiger partial charge in [0.1, 0.15) is 11.0 Å². The monoisotopic (exact) mass is 419 g/mol. The van der Waals surface area contributed by atoms with Crippen molar-refractivity contribution >= 4 is 26.0 Å². The molecule has 0 unspecified atom stereocenters. The maximum atomic E-state index is 11.3. The first-order chi connectivity index (χ1) is 11.4. The van der Waals surface area contributed by atoms with Crippen molar-refractivity contribution in [1.29, 1.82) is 0 Å². The Kier molecular flexibility index (Phi) is 5.76. The lowest BCUT2D eigenvalue weighted by Crippen LogP contribution is -2.46. The molecular formula is C15H22BrN3O4S. The van der Waals surface area contributed by atoms with Crippen LogP contribution in [0.2, 0.25) is 0 Å². The summed E-state index contributed by atoms with van der Waals surface area (Å²) >= 11 is 3.31. The van der Waals surface area contributed by atoms with Gasteiger partial charge in [-0.15, -0.1) is 0 Å². The quantitative estimate of drug-likeness (QED) is 0.794. The van der Waals surface area contributed by atoms with Crippen LogP contribution in [0, 0.1) is 0 Å². The number of primary sulfonamides is 1. The van der Waals surface area contributed by atoms with Gasteiger partial charge in [-0.05, 0) is 47.7 Å². The fourth-order valence-electron chi connectivity index (χ4n) is 3.28. The second-order valence-corrected chi connectivity index (χ2v) is 8.62. The van der Waals surface area contributed by atoms with E-state index in [9.17, 15) is 8.42 Å². The van der Waals surface area contributed by atoms with Gasteiger partial charge in [-0.2, -0.15) is 0 Å². The Bertz CT molecular complexity index is 671. The highest BCUT2D eigenvalue weighted by atomic mass is 79.9. The van der Waals surface area contributed by atoms with Crippen LogP contribution in [-0.2, 0) is 14.8 Å². The van der Waals surface area contributed by atoms with E-state index in [2.05, 4.69) is 25.8 Å². The summed E-state index contributed by atoms with van der Waals surface area (Å²) < 4.78 is 34.5. The third kappa shape index (κ3) is 4.45. The predicted molar refractivity (Wildman–Crippen MR) is 92.4 cm³/mol. The van der Waals surface area contributed by atoms with E-state index >= 15 is 0 Å². The summed E-state index contributed by atoms with van der Waals surface area (Å²) in [7, 11) is -3.76. The van der Waals surface area contributed by atoms with E-state index in [4.69, 9.17) is 14.6 Å². The van der Waals surface area contributed by atoms with E-state index in [1.54, 1.807) is 0 Å². The zero-order valence-corrected chi connectivity index (χ0v) is 15.8. The number of pyridine rings is 1. The third-order valence-corrected chi connectivity index (χ3v) is 6.04. The van der Waals surface area contributed by atoms with Crippen molar-refractivity contribution in [2.45, 2.75) is 42.7 Å². The van der Waals surface area contributed by atoms with Gasteiger partial charge < -0.3 is 9.47 Å². The smallest absolute Gasteiger partial charge is 0.239 e. The van der Waals surface area contributed by atoms with Crippen LogP contribution in [-0.4, -0.2) is 56.8 Å². The fourth-order valence-corrected chi connectivity index (χ4v) is 4.35. The van der Waals surface area contributed by atoms with E-state index in [1.165, 1.54) is 12.3 Å². The van der Waals surface area contributed by atoms with Gasteiger partial charge in [-0.3, -0.25) is 4.90 Å². The molecule has 2 aliphatic rings. The van der Waals surface area contributed by atoms with E-state index < -0.39 is 10.0 Å². The van der Waals surface area contributed by atoms with Crippen LogP contribution >= 0.6 is 15.9 Å². The molecule has 1 aliphatic heterocycles. The molecule has 134 valence electrons. The molecule has 0 amide bonds. The third-order valence-electron chi connectivity index (χ3n) is 4.59. The number of morpholine rings is 1. The number of aromatic nitrogens is 1. The van der Waals surface area contributed by atoms with Crippen molar-refractivity contribution in [2.24, 2.45) is 5.14 Å². The Morgan fingerprint density at radius 3 is 2.50 bits per heavy atom. The number of nitrogens with zero attached hydrogens (tertiary/aromatic N) is 2. The van der Waals surface area contributed by atoms with Crippen LogP contribution in [0.15, 0.2) is 21.6 Å². The number of nitrogens with two attached hydrogens (primary N) is 1. The van der Waals surface area contributed by atoms with E-state index in [0.29, 0.717) is 16.4 Å². The molecule has 1 aromatic rings. The minimum absolute atomic E-state index is 0.0299. The molecule has 1 aliphatic carbocycles. The molecule has 9 heteroatoms. The summed E-state index contributed by atoms with van der Waals surface area (Å²) in [5.41, 5.74) is 0. The van der Waals surface area contributed by atoms with E-state index in [1.807, 2.05) is 0 Å². The lowest BCUT2D eigenvalue weighted by molar-refractivity contribution is -0.00146. The van der Waals surface area contributed by atoms with Crippen molar-refractivity contribution in [3.63, 3.8) is 0 Å². The van der Waals surface area contributed by atoms with Crippen LogP contribution in [0.25, 0.3) is 0 Å². The van der Waals surface area contributed by atoms with Crippen LogP contribution in [0.5, 0.6) is 5.88 Å². The number of halogens is 1. The summed E-state index contributed by atoms with van der Waals surface area (Å²) in [5.74, 6) is 0.414. The van der Waals surface area contributed by atoms with Crippen molar-refractivity contribution < 1.29 is 17.9 Å². The van der Waals surface area contributed by atoms with Gasteiger partial charge in [0.25, 0.3) is 0 Å². The maximum Gasteiger partial charge on any atom is 0.239 e. The second kappa shape index (κ2) is 7.65. The van der Waals surface area contributed by atoms with Gasteiger partial charge in [0.05, 0.1) is 23.9 Å². The first-order valence-corrected chi connectivity index (χ1v) is 10.4. The number of sulfonamides is 1. The average molecular weight is 420 g/mol. The summed E-state index contributed by atoms with van der Waals surface area (Å²) in [6, 6.07) is 2.03. The molecule has 0 aromatic carbocycles. The molecule has 24 heavy (non-hydrogen) atoms. The maximum absolute atomic E-state index is 11.3. The van der Waals surface area contributed by atoms with Crippen molar-refractivity contribution in [3.05, 3.63) is 16.7 Å². The topological polar surface area (TPSA) is 94.8 Å². The Hall–Kier alpha value is -0.740. The van der Waals surface area contributed by atoms with E-state index in [-0.39, 0.29) is 11.0 Å². The lowest BCUT2D eigenvalue weighted by Gasteiger charge is -2.38. The molecule has 2 N–H and O–H groups in total. The molecule has 0 radical (unpaired) electrons. The molecule has 3 rings (SSSR count). The first kappa shape index (κ1) is 18.1. The van der Waals surface area contributed by atoms with Gasteiger partial charge in [-0.1, -0.05) is 0 Å². The molecule has 0 atom stereocenters. The first-order valence-electron chi connectivity index (χ1n) is 8.10. The number of hydrogen-bond acceptors (Lipinski definition) is 6. The molecular weight excluding hydrogens is 398 g/mol. The SMILES string of the molecule is NS(=O)(=O)c1cnc(O[C@H]2CC[C@H](N3CCOCC3)CC2)c(Br)c1. The van der Waals surface area contributed by atoms with Gasteiger partial charge in [-0.25, -0.2) is 18.5 Å². The molecule has 2 heterocycles. The van der Waals surface area contributed by atoms with Crippen molar-refractivity contribution in [1.82, 2.24) is 9.88 Å². The molecule has 2 fully saturated rings. The second-order valence-electron chi connectivity index (χ2n) is 6.20. The van der Waals surface area contributed by atoms with Crippen LogP contribution in [0.3, 0.4) is 0 Å². The highest BCUT2D eigenvalue weighted by Crippen LogP contribution is 2.30. The molecule has 1 aromatic heterocycles. The summed E-state index contributed by atoms with van der Waals surface area (Å²) in [6.45, 7) is 3.67. The highest BCUT2D eigenvalue weighted by molar-refractivity contribution is 9.10.